The number of ether oxygens (including phenoxy) is 1. The molecule has 0 unspecified atom stereocenters. The van der Waals surface area contributed by atoms with Gasteiger partial charge in [0.2, 0.25) is 0 Å². The van der Waals surface area contributed by atoms with Crippen molar-refractivity contribution in [2.45, 2.75) is 18.8 Å². The molecule has 0 saturated heterocycles. The first-order valence-electron chi connectivity index (χ1n) is 5.73. The normalized spacial score (nSPS) is 14.5. The van der Waals surface area contributed by atoms with Crippen molar-refractivity contribution in [3.05, 3.63) is 41.0 Å². The zero-order valence-corrected chi connectivity index (χ0v) is 10.3. The summed E-state index contributed by atoms with van der Waals surface area (Å²) in [6.07, 6.45) is 2.36. The second-order valence-electron chi connectivity index (χ2n) is 4.27. The van der Waals surface area contributed by atoms with Crippen LogP contribution in [0.15, 0.2) is 30.3 Å². The lowest BCUT2D eigenvalue weighted by Crippen LogP contribution is -1.94. The summed E-state index contributed by atoms with van der Waals surface area (Å²) in [7, 11) is 0. The van der Waals surface area contributed by atoms with Crippen LogP contribution in [0.1, 0.15) is 24.3 Å². The number of halogens is 1. The molecule has 1 fully saturated rings. The molecular formula is C13H11ClN2O2. The van der Waals surface area contributed by atoms with Gasteiger partial charge in [-0.25, -0.2) is 0 Å². The number of rotatable bonds is 3. The standard InChI is InChI=1S/C13H11ClN2O2/c14-12-7-10(17)13(16-15-12)18-11-4-2-1-3-9(11)8-5-6-8/h1-4,7-8H,5-6H2,(H,15,17). The fourth-order valence-electron chi connectivity index (χ4n) is 1.83. The Morgan fingerprint density at radius 1 is 1.22 bits per heavy atom. The lowest BCUT2D eigenvalue weighted by atomic mass is 10.1. The van der Waals surface area contributed by atoms with Crippen molar-refractivity contribution in [2.24, 2.45) is 0 Å². The number of aromatic nitrogens is 2. The monoisotopic (exact) mass is 262 g/mol. The fourth-order valence-corrected chi connectivity index (χ4v) is 1.97. The molecule has 0 bridgehead atoms. The molecule has 18 heavy (non-hydrogen) atoms. The predicted octanol–water partition coefficient (Wildman–Crippen LogP) is 3.51. The zero-order valence-electron chi connectivity index (χ0n) is 9.51. The number of benzene rings is 1. The highest BCUT2D eigenvalue weighted by molar-refractivity contribution is 6.29. The Labute approximate surface area is 109 Å². The van der Waals surface area contributed by atoms with E-state index in [-0.39, 0.29) is 16.8 Å². The molecule has 4 nitrogen and oxygen atoms in total. The number of hydrogen-bond donors (Lipinski definition) is 1. The molecule has 3 rings (SSSR count). The molecule has 1 aliphatic carbocycles. The van der Waals surface area contributed by atoms with Crippen LogP contribution in [-0.2, 0) is 0 Å². The van der Waals surface area contributed by atoms with Crippen LogP contribution in [0.4, 0.5) is 0 Å². The largest absolute Gasteiger partial charge is 0.503 e. The average molecular weight is 263 g/mol. The zero-order chi connectivity index (χ0) is 12.5. The van der Waals surface area contributed by atoms with E-state index in [4.69, 9.17) is 16.3 Å². The van der Waals surface area contributed by atoms with Crippen LogP contribution in [0, 0.1) is 0 Å². The second-order valence-corrected chi connectivity index (χ2v) is 4.66. The van der Waals surface area contributed by atoms with E-state index in [2.05, 4.69) is 10.2 Å². The molecular weight excluding hydrogens is 252 g/mol. The van der Waals surface area contributed by atoms with E-state index in [1.54, 1.807) is 0 Å². The molecule has 0 radical (unpaired) electrons. The van der Waals surface area contributed by atoms with Crippen LogP contribution >= 0.6 is 11.6 Å². The predicted molar refractivity (Wildman–Crippen MR) is 67.2 cm³/mol. The molecule has 1 heterocycles. The summed E-state index contributed by atoms with van der Waals surface area (Å²) >= 11 is 5.62. The highest BCUT2D eigenvalue weighted by atomic mass is 35.5. The van der Waals surface area contributed by atoms with E-state index >= 15 is 0 Å². The molecule has 0 amide bonds. The summed E-state index contributed by atoms with van der Waals surface area (Å²) in [5.74, 6) is 1.24. The van der Waals surface area contributed by atoms with Gasteiger partial charge >= 0.3 is 0 Å². The number of para-hydroxylation sites is 1. The van der Waals surface area contributed by atoms with Crippen LogP contribution in [0.2, 0.25) is 5.15 Å². The van der Waals surface area contributed by atoms with Gasteiger partial charge in [-0.3, -0.25) is 0 Å². The van der Waals surface area contributed by atoms with Gasteiger partial charge < -0.3 is 9.84 Å². The molecule has 1 aliphatic rings. The molecule has 2 aromatic rings. The summed E-state index contributed by atoms with van der Waals surface area (Å²) in [6, 6.07) is 9.08. The second kappa shape index (κ2) is 4.46. The lowest BCUT2D eigenvalue weighted by molar-refractivity contribution is 0.389. The number of aromatic hydroxyl groups is 1. The summed E-state index contributed by atoms with van der Waals surface area (Å²) < 4.78 is 5.61. The molecule has 0 aliphatic heterocycles. The third-order valence-corrected chi connectivity index (χ3v) is 3.04. The Morgan fingerprint density at radius 2 is 2.00 bits per heavy atom. The quantitative estimate of drug-likeness (QED) is 0.920. The smallest absolute Gasteiger partial charge is 0.281 e. The Balaban J connectivity index is 1.92. The van der Waals surface area contributed by atoms with Crippen LogP contribution in [-0.4, -0.2) is 15.3 Å². The molecule has 0 atom stereocenters. The maximum absolute atomic E-state index is 9.69. The van der Waals surface area contributed by atoms with Gasteiger partial charge in [0, 0.05) is 6.07 Å². The average Bonchev–Trinajstić information content (AvgIpc) is 3.17. The maximum Gasteiger partial charge on any atom is 0.281 e. The maximum atomic E-state index is 9.69. The van der Waals surface area contributed by atoms with Crippen LogP contribution in [0.5, 0.6) is 17.4 Å². The molecule has 1 aromatic heterocycles. The first-order chi connectivity index (χ1) is 8.74. The SMILES string of the molecule is Oc1cc(Cl)nnc1Oc1ccccc1C1CC1. The minimum atomic E-state index is -0.111. The van der Waals surface area contributed by atoms with E-state index < -0.39 is 0 Å². The van der Waals surface area contributed by atoms with E-state index in [1.807, 2.05) is 24.3 Å². The van der Waals surface area contributed by atoms with Gasteiger partial charge in [0.15, 0.2) is 10.9 Å². The van der Waals surface area contributed by atoms with Crippen molar-refractivity contribution >= 4 is 11.6 Å². The van der Waals surface area contributed by atoms with Crippen molar-refractivity contribution in [3.63, 3.8) is 0 Å². The number of hydrogen-bond acceptors (Lipinski definition) is 4. The van der Waals surface area contributed by atoms with Crippen LogP contribution in [0.25, 0.3) is 0 Å². The molecule has 0 spiro atoms. The van der Waals surface area contributed by atoms with Gasteiger partial charge in [-0.15, -0.1) is 10.2 Å². The van der Waals surface area contributed by atoms with Crippen molar-refractivity contribution in [1.29, 1.82) is 0 Å². The third-order valence-electron chi connectivity index (χ3n) is 2.85. The third kappa shape index (κ3) is 2.24. The molecule has 1 saturated carbocycles. The van der Waals surface area contributed by atoms with Crippen molar-refractivity contribution in [1.82, 2.24) is 10.2 Å². The highest BCUT2D eigenvalue weighted by Gasteiger charge is 2.27. The van der Waals surface area contributed by atoms with Gasteiger partial charge in [-0.1, -0.05) is 29.8 Å². The summed E-state index contributed by atoms with van der Waals surface area (Å²) in [4.78, 5) is 0. The van der Waals surface area contributed by atoms with Crippen LogP contribution in [0.3, 0.4) is 0 Å². The Morgan fingerprint density at radius 3 is 2.72 bits per heavy atom. The van der Waals surface area contributed by atoms with Gasteiger partial charge in [-0.05, 0) is 30.4 Å². The van der Waals surface area contributed by atoms with E-state index in [9.17, 15) is 5.11 Å². The van der Waals surface area contributed by atoms with Crippen LogP contribution < -0.4 is 4.74 Å². The van der Waals surface area contributed by atoms with Crippen molar-refractivity contribution < 1.29 is 9.84 Å². The van der Waals surface area contributed by atoms with E-state index in [1.165, 1.54) is 18.9 Å². The number of nitrogens with zero attached hydrogens (tertiary/aromatic N) is 2. The van der Waals surface area contributed by atoms with Gasteiger partial charge in [0.25, 0.3) is 5.88 Å². The Bertz CT molecular complexity index is 585. The van der Waals surface area contributed by atoms with Crippen molar-refractivity contribution in [2.75, 3.05) is 0 Å². The highest BCUT2D eigenvalue weighted by Crippen LogP contribution is 2.45. The van der Waals surface area contributed by atoms with Gasteiger partial charge in [0.05, 0.1) is 0 Å². The molecule has 5 heteroatoms. The molecule has 1 aromatic carbocycles. The Hall–Kier alpha value is -1.81. The first-order valence-corrected chi connectivity index (χ1v) is 6.11. The minimum Gasteiger partial charge on any atom is -0.503 e. The summed E-state index contributed by atoms with van der Waals surface area (Å²) in [5.41, 5.74) is 1.15. The first kappa shape index (κ1) is 11.3. The Kier molecular flexibility index (Phi) is 2.80. The molecule has 92 valence electrons. The van der Waals surface area contributed by atoms with Gasteiger partial charge in [0.1, 0.15) is 5.75 Å². The summed E-state index contributed by atoms with van der Waals surface area (Å²) in [5, 5.41) is 17.2. The van der Waals surface area contributed by atoms with E-state index in [0.717, 1.165) is 5.56 Å². The van der Waals surface area contributed by atoms with Gasteiger partial charge in [-0.2, -0.15) is 0 Å². The summed E-state index contributed by atoms with van der Waals surface area (Å²) in [6.45, 7) is 0. The van der Waals surface area contributed by atoms with Crippen molar-refractivity contribution in [3.8, 4) is 17.4 Å². The van der Waals surface area contributed by atoms with E-state index in [0.29, 0.717) is 11.7 Å². The fraction of sp³-hybridized carbons (Fsp3) is 0.231. The molecule has 1 N–H and O–H groups in total. The lowest BCUT2D eigenvalue weighted by Gasteiger charge is -2.10. The topological polar surface area (TPSA) is 55.2 Å². The minimum absolute atomic E-state index is 0.0764.